The lowest BCUT2D eigenvalue weighted by molar-refractivity contribution is -0.127. The number of hydrogen-bond donors (Lipinski definition) is 1. The predicted octanol–water partition coefficient (Wildman–Crippen LogP) is 5.52. The molecule has 1 aliphatic rings. The van der Waals surface area contributed by atoms with Gasteiger partial charge in [0, 0.05) is 12.5 Å². The van der Waals surface area contributed by atoms with Crippen LogP contribution in [0, 0.1) is 19.8 Å². The molecule has 4 heteroatoms. The maximum atomic E-state index is 13.0. The number of nitrogens with one attached hydrogen (secondary N) is 1. The maximum absolute atomic E-state index is 13.0. The zero-order chi connectivity index (χ0) is 22.5. The van der Waals surface area contributed by atoms with Crippen molar-refractivity contribution in [3.05, 3.63) is 64.2 Å². The minimum Gasteiger partial charge on any atom is -0.496 e. The van der Waals surface area contributed by atoms with E-state index in [0.717, 1.165) is 43.8 Å². The van der Waals surface area contributed by atoms with Crippen LogP contribution in [0.1, 0.15) is 73.4 Å². The molecule has 1 amide bonds. The number of piperidine rings is 1. The molecular formula is C27H38N2O2. The predicted molar refractivity (Wildman–Crippen MR) is 128 cm³/mol. The van der Waals surface area contributed by atoms with Crippen molar-refractivity contribution in [2.45, 2.75) is 66.0 Å². The van der Waals surface area contributed by atoms with Gasteiger partial charge in [-0.2, -0.15) is 0 Å². The second kappa shape index (κ2) is 10.3. The number of methoxy groups -OCH3 is 1. The number of nitrogens with zero attached hydrogens (tertiary/aromatic N) is 1. The first-order chi connectivity index (χ1) is 14.8. The number of carbonyl (C=O) groups excluding carboxylic acids is 1. The molecule has 4 nitrogen and oxygen atoms in total. The third kappa shape index (κ3) is 5.88. The molecule has 1 N–H and O–H groups in total. The van der Waals surface area contributed by atoms with Crippen LogP contribution in [-0.2, 0) is 11.3 Å². The van der Waals surface area contributed by atoms with E-state index in [1.807, 2.05) is 0 Å². The Hall–Kier alpha value is -2.33. The molecule has 31 heavy (non-hydrogen) atoms. The van der Waals surface area contributed by atoms with Gasteiger partial charge in [0.25, 0.3) is 0 Å². The van der Waals surface area contributed by atoms with Gasteiger partial charge in [-0.05, 0) is 87.0 Å². The number of hydrogen-bond acceptors (Lipinski definition) is 3. The number of aryl methyl sites for hydroxylation is 2. The number of benzene rings is 2. The molecule has 0 spiro atoms. The van der Waals surface area contributed by atoms with E-state index in [9.17, 15) is 4.79 Å². The Morgan fingerprint density at radius 3 is 2.29 bits per heavy atom. The average Bonchev–Trinajstić information content (AvgIpc) is 2.75. The topological polar surface area (TPSA) is 41.6 Å². The molecule has 0 bridgehead atoms. The molecule has 0 unspecified atom stereocenters. The molecule has 1 aliphatic heterocycles. The summed E-state index contributed by atoms with van der Waals surface area (Å²) >= 11 is 0. The van der Waals surface area contributed by atoms with E-state index >= 15 is 0 Å². The van der Waals surface area contributed by atoms with E-state index in [1.165, 1.54) is 22.3 Å². The van der Waals surface area contributed by atoms with Crippen LogP contribution in [0.2, 0.25) is 0 Å². The molecule has 0 saturated carbocycles. The SMILES string of the molecule is COc1cc(C)c([C@H](C)NC(=O)C2CCN(Cc3ccc(C)cc3)CC2)cc1C(C)C. The summed E-state index contributed by atoms with van der Waals surface area (Å²) in [5, 5.41) is 3.28. The number of carbonyl (C=O) groups is 1. The van der Waals surface area contributed by atoms with Crippen LogP contribution in [-0.4, -0.2) is 31.0 Å². The Morgan fingerprint density at radius 1 is 1.06 bits per heavy atom. The van der Waals surface area contributed by atoms with Gasteiger partial charge < -0.3 is 10.1 Å². The Labute approximate surface area is 188 Å². The van der Waals surface area contributed by atoms with Gasteiger partial charge in [-0.3, -0.25) is 9.69 Å². The van der Waals surface area contributed by atoms with E-state index in [4.69, 9.17) is 4.74 Å². The van der Waals surface area contributed by atoms with E-state index in [1.54, 1.807) is 7.11 Å². The lowest BCUT2D eigenvalue weighted by atomic mass is 9.92. The first-order valence-corrected chi connectivity index (χ1v) is 11.5. The fourth-order valence-electron chi connectivity index (χ4n) is 4.52. The highest BCUT2D eigenvalue weighted by atomic mass is 16.5. The molecule has 168 valence electrons. The third-order valence-corrected chi connectivity index (χ3v) is 6.55. The van der Waals surface area contributed by atoms with Crippen LogP contribution in [0.5, 0.6) is 5.75 Å². The molecule has 1 fully saturated rings. The van der Waals surface area contributed by atoms with Crippen LogP contribution in [0.15, 0.2) is 36.4 Å². The second-order valence-electron chi connectivity index (χ2n) is 9.37. The highest BCUT2D eigenvalue weighted by Gasteiger charge is 2.26. The lowest BCUT2D eigenvalue weighted by Gasteiger charge is -2.32. The Bertz CT molecular complexity index is 881. The van der Waals surface area contributed by atoms with Gasteiger partial charge in [-0.25, -0.2) is 0 Å². The Balaban J connectivity index is 1.57. The summed E-state index contributed by atoms with van der Waals surface area (Å²) in [7, 11) is 1.72. The smallest absolute Gasteiger partial charge is 0.223 e. The number of ether oxygens (including phenoxy) is 1. The van der Waals surface area contributed by atoms with Crippen molar-refractivity contribution < 1.29 is 9.53 Å². The largest absolute Gasteiger partial charge is 0.496 e. The standard InChI is InChI=1S/C27H38N2O2/c1-18(2)24-16-25(20(4)15-26(24)31-6)21(5)28-27(30)23-11-13-29(14-12-23)17-22-9-7-19(3)8-10-22/h7-10,15-16,18,21,23H,11-14,17H2,1-6H3,(H,28,30)/t21-/m0/s1. The molecule has 0 aromatic heterocycles. The molecule has 2 aromatic carbocycles. The third-order valence-electron chi connectivity index (χ3n) is 6.55. The molecule has 0 aliphatic carbocycles. The van der Waals surface area contributed by atoms with Gasteiger partial charge in [0.2, 0.25) is 5.91 Å². The second-order valence-corrected chi connectivity index (χ2v) is 9.37. The highest BCUT2D eigenvalue weighted by molar-refractivity contribution is 5.79. The summed E-state index contributed by atoms with van der Waals surface area (Å²) in [5.41, 5.74) is 6.16. The van der Waals surface area contributed by atoms with E-state index in [2.05, 4.69) is 81.2 Å². The van der Waals surface area contributed by atoms with Gasteiger partial charge >= 0.3 is 0 Å². The molecule has 3 rings (SSSR count). The fraction of sp³-hybridized carbons (Fsp3) is 0.519. The lowest BCUT2D eigenvalue weighted by Crippen LogP contribution is -2.41. The van der Waals surface area contributed by atoms with E-state index in [-0.39, 0.29) is 17.9 Å². The van der Waals surface area contributed by atoms with Crippen LogP contribution in [0.3, 0.4) is 0 Å². The minimum absolute atomic E-state index is 0.0125. The summed E-state index contributed by atoms with van der Waals surface area (Å²) in [6.45, 7) is 13.5. The van der Waals surface area contributed by atoms with Gasteiger partial charge in [-0.1, -0.05) is 43.7 Å². The van der Waals surface area contributed by atoms with Crippen molar-refractivity contribution in [2.75, 3.05) is 20.2 Å². The average molecular weight is 423 g/mol. The zero-order valence-corrected chi connectivity index (χ0v) is 20.0. The van der Waals surface area contributed by atoms with Crippen LogP contribution < -0.4 is 10.1 Å². The van der Waals surface area contributed by atoms with Crippen LogP contribution in [0.25, 0.3) is 0 Å². The number of likely N-dealkylation sites (tertiary alicyclic amines) is 1. The maximum Gasteiger partial charge on any atom is 0.223 e. The molecular weight excluding hydrogens is 384 g/mol. The quantitative estimate of drug-likeness (QED) is 0.638. The Kier molecular flexibility index (Phi) is 7.77. The van der Waals surface area contributed by atoms with Crippen molar-refractivity contribution in [2.24, 2.45) is 5.92 Å². The Morgan fingerprint density at radius 2 is 1.71 bits per heavy atom. The zero-order valence-electron chi connectivity index (χ0n) is 20.0. The van der Waals surface area contributed by atoms with Gasteiger partial charge in [0.05, 0.1) is 13.2 Å². The van der Waals surface area contributed by atoms with Crippen molar-refractivity contribution in [1.29, 1.82) is 0 Å². The summed E-state index contributed by atoms with van der Waals surface area (Å²) < 4.78 is 5.56. The summed E-state index contributed by atoms with van der Waals surface area (Å²) in [5.74, 6) is 1.58. The van der Waals surface area contributed by atoms with Gasteiger partial charge in [-0.15, -0.1) is 0 Å². The summed E-state index contributed by atoms with van der Waals surface area (Å²) in [4.78, 5) is 15.4. The highest BCUT2D eigenvalue weighted by Crippen LogP contribution is 2.32. The van der Waals surface area contributed by atoms with E-state index in [0.29, 0.717) is 5.92 Å². The summed E-state index contributed by atoms with van der Waals surface area (Å²) in [6.07, 6.45) is 1.84. The molecule has 1 atom stereocenters. The van der Waals surface area contributed by atoms with Gasteiger partial charge in [0.15, 0.2) is 0 Å². The van der Waals surface area contributed by atoms with Crippen molar-refractivity contribution in [1.82, 2.24) is 10.2 Å². The van der Waals surface area contributed by atoms with Crippen LogP contribution in [0.4, 0.5) is 0 Å². The fourth-order valence-corrected chi connectivity index (χ4v) is 4.52. The van der Waals surface area contributed by atoms with Crippen molar-refractivity contribution in [3.8, 4) is 5.75 Å². The first-order valence-electron chi connectivity index (χ1n) is 11.5. The van der Waals surface area contributed by atoms with Crippen molar-refractivity contribution in [3.63, 3.8) is 0 Å². The minimum atomic E-state index is -0.0125. The molecule has 1 heterocycles. The molecule has 0 radical (unpaired) electrons. The van der Waals surface area contributed by atoms with E-state index < -0.39 is 0 Å². The summed E-state index contributed by atoms with van der Waals surface area (Å²) in [6, 6.07) is 13.0. The van der Waals surface area contributed by atoms with Crippen LogP contribution >= 0.6 is 0 Å². The van der Waals surface area contributed by atoms with Gasteiger partial charge in [0.1, 0.15) is 5.75 Å². The number of amides is 1. The van der Waals surface area contributed by atoms with Crippen molar-refractivity contribution >= 4 is 5.91 Å². The molecule has 2 aromatic rings. The number of rotatable bonds is 7. The normalized spacial score (nSPS) is 16.4. The first kappa shape index (κ1) is 23.3. The molecule has 1 saturated heterocycles. The monoisotopic (exact) mass is 422 g/mol.